The third-order valence-electron chi connectivity index (χ3n) is 2.47. The molecule has 0 aliphatic carbocycles. The van der Waals surface area contributed by atoms with E-state index in [0.29, 0.717) is 12.0 Å². The summed E-state index contributed by atoms with van der Waals surface area (Å²) in [7, 11) is 0. The van der Waals surface area contributed by atoms with Crippen LogP contribution in [0, 0.1) is 10.1 Å². The number of nitro groups is 1. The second-order valence-electron chi connectivity index (χ2n) is 3.80. The summed E-state index contributed by atoms with van der Waals surface area (Å²) in [6, 6.07) is 4.17. The third-order valence-corrected chi connectivity index (χ3v) is 2.79. The van der Waals surface area contributed by atoms with Crippen molar-refractivity contribution in [2.75, 3.05) is 0 Å². The fourth-order valence-electron chi connectivity index (χ4n) is 1.51. The zero-order valence-corrected chi connectivity index (χ0v) is 10.4. The molecule has 1 aromatic rings. The number of unbranched alkanes of at least 4 members (excludes halogenated alkanes) is 2. The van der Waals surface area contributed by atoms with Gasteiger partial charge in [0.2, 0.25) is 0 Å². The summed E-state index contributed by atoms with van der Waals surface area (Å²) in [6.45, 7) is 2.05. The second kappa shape index (κ2) is 6.35. The van der Waals surface area contributed by atoms with Gasteiger partial charge in [0.05, 0.1) is 4.92 Å². The van der Waals surface area contributed by atoms with Crippen LogP contribution in [-0.4, -0.2) is 10.7 Å². The van der Waals surface area contributed by atoms with Gasteiger partial charge in [-0.3, -0.25) is 14.9 Å². The van der Waals surface area contributed by atoms with Gasteiger partial charge in [0.1, 0.15) is 5.02 Å². The molecule has 0 amide bonds. The Hall–Kier alpha value is -1.42. The van der Waals surface area contributed by atoms with Gasteiger partial charge in [-0.05, 0) is 18.6 Å². The first kappa shape index (κ1) is 13.6. The Labute approximate surface area is 105 Å². The molecule has 0 saturated heterocycles. The standard InChI is InChI=1S/C12H14ClNO3/c1-2-3-4-5-12(15)9-6-7-10(13)11(8-9)14(16)17/h6-8H,2-5H2,1H3. The van der Waals surface area contributed by atoms with Gasteiger partial charge in [-0.25, -0.2) is 0 Å². The Kier molecular flexibility index (Phi) is 5.10. The zero-order valence-electron chi connectivity index (χ0n) is 9.61. The van der Waals surface area contributed by atoms with Gasteiger partial charge in [0, 0.05) is 18.1 Å². The van der Waals surface area contributed by atoms with Crippen molar-refractivity contribution in [2.24, 2.45) is 0 Å². The summed E-state index contributed by atoms with van der Waals surface area (Å²) in [5.74, 6) is -0.0711. The molecule has 0 unspecified atom stereocenters. The number of benzene rings is 1. The number of rotatable bonds is 6. The van der Waals surface area contributed by atoms with Gasteiger partial charge in [-0.15, -0.1) is 0 Å². The fourth-order valence-corrected chi connectivity index (χ4v) is 1.69. The largest absolute Gasteiger partial charge is 0.294 e. The van der Waals surface area contributed by atoms with Gasteiger partial charge < -0.3 is 0 Å². The molecule has 0 aliphatic heterocycles. The van der Waals surface area contributed by atoms with E-state index in [1.165, 1.54) is 18.2 Å². The Bertz CT molecular complexity index is 432. The highest BCUT2D eigenvalue weighted by Crippen LogP contribution is 2.25. The highest BCUT2D eigenvalue weighted by atomic mass is 35.5. The Balaban J connectivity index is 2.81. The first-order valence-electron chi connectivity index (χ1n) is 5.53. The normalized spacial score (nSPS) is 10.2. The van der Waals surface area contributed by atoms with Gasteiger partial charge >= 0.3 is 0 Å². The monoisotopic (exact) mass is 255 g/mol. The summed E-state index contributed by atoms with van der Waals surface area (Å²) in [6.07, 6.45) is 3.26. The molecule has 1 rings (SSSR count). The molecule has 0 aliphatic rings. The topological polar surface area (TPSA) is 60.2 Å². The second-order valence-corrected chi connectivity index (χ2v) is 4.21. The maximum Gasteiger partial charge on any atom is 0.288 e. The molecule has 0 fully saturated rings. The number of nitro benzene ring substituents is 1. The van der Waals surface area contributed by atoms with Crippen LogP contribution in [0.3, 0.4) is 0 Å². The molecule has 0 atom stereocenters. The summed E-state index contributed by atoms with van der Waals surface area (Å²) >= 11 is 5.67. The summed E-state index contributed by atoms with van der Waals surface area (Å²) in [5, 5.41) is 10.7. The van der Waals surface area contributed by atoms with Crippen molar-refractivity contribution in [3.8, 4) is 0 Å². The molecule has 1 aromatic carbocycles. The Morgan fingerprint density at radius 1 is 1.41 bits per heavy atom. The van der Waals surface area contributed by atoms with E-state index in [9.17, 15) is 14.9 Å². The van der Waals surface area contributed by atoms with Crippen LogP contribution >= 0.6 is 11.6 Å². The lowest BCUT2D eigenvalue weighted by Gasteiger charge is -2.01. The first-order valence-corrected chi connectivity index (χ1v) is 5.91. The van der Waals surface area contributed by atoms with E-state index in [0.717, 1.165) is 19.3 Å². The van der Waals surface area contributed by atoms with Crippen LogP contribution in [0.15, 0.2) is 18.2 Å². The Morgan fingerprint density at radius 3 is 2.71 bits per heavy atom. The molecule has 0 spiro atoms. The van der Waals surface area contributed by atoms with Gasteiger partial charge in [0.15, 0.2) is 5.78 Å². The van der Waals surface area contributed by atoms with E-state index in [1.54, 1.807) is 0 Å². The first-order chi connectivity index (χ1) is 8.06. The van der Waals surface area contributed by atoms with E-state index in [4.69, 9.17) is 11.6 Å². The van der Waals surface area contributed by atoms with Crippen LogP contribution in [0.1, 0.15) is 43.0 Å². The van der Waals surface area contributed by atoms with Crippen LogP contribution < -0.4 is 0 Å². The predicted octanol–water partition coefficient (Wildman–Crippen LogP) is 4.01. The minimum Gasteiger partial charge on any atom is -0.294 e. The highest BCUT2D eigenvalue weighted by Gasteiger charge is 2.15. The van der Waals surface area contributed by atoms with Gasteiger partial charge in [0.25, 0.3) is 5.69 Å². The zero-order chi connectivity index (χ0) is 12.8. The average molecular weight is 256 g/mol. The lowest BCUT2D eigenvalue weighted by Crippen LogP contribution is -2.00. The molecule has 0 saturated carbocycles. The van der Waals surface area contributed by atoms with Crippen molar-refractivity contribution in [3.05, 3.63) is 38.9 Å². The summed E-state index contributed by atoms with van der Waals surface area (Å²) < 4.78 is 0. The molecule has 0 bridgehead atoms. The van der Waals surface area contributed by atoms with E-state index < -0.39 is 4.92 Å². The van der Waals surface area contributed by atoms with Crippen LogP contribution in [-0.2, 0) is 0 Å². The molecule has 92 valence electrons. The highest BCUT2D eigenvalue weighted by molar-refractivity contribution is 6.32. The van der Waals surface area contributed by atoms with Gasteiger partial charge in [-0.1, -0.05) is 31.4 Å². The number of carbonyl (C=O) groups excluding carboxylic acids is 1. The van der Waals surface area contributed by atoms with Crippen molar-refractivity contribution in [1.29, 1.82) is 0 Å². The van der Waals surface area contributed by atoms with E-state index in [2.05, 4.69) is 6.92 Å². The van der Waals surface area contributed by atoms with E-state index in [-0.39, 0.29) is 16.5 Å². The van der Waals surface area contributed by atoms with Crippen molar-refractivity contribution < 1.29 is 9.72 Å². The molecule has 0 N–H and O–H groups in total. The number of Topliss-reactive ketones (excluding diaryl/α,β-unsaturated/α-hetero) is 1. The van der Waals surface area contributed by atoms with E-state index in [1.807, 2.05) is 0 Å². The van der Waals surface area contributed by atoms with Crippen molar-refractivity contribution >= 4 is 23.1 Å². The number of nitrogens with zero attached hydrogens (tertiary/aromatic N) is 1. The maximum atomic E-state index is 11.7. The molecule has 0 radical (unpaired) electrons. The Morgan fingerprint density at radius 2 is 2.12 bits per heavy atom. The third kappa shape index (κ3) is 3.82. The SMILES string of the molecule is CCCCCC(=O)c1ccc(Cl)c([N+](=O)[O-])c1. The minimum absolute atomic E-state index is 0.0557. The molecule has 17 heavy (non-hydrogen) atoms. The average Bonchev–Trinajstić information content (AvgIpc) is 2.29. The smallest absolute Gasteiger partial charge is 0.288 e. The predicted molar refractivity (Wildman–Crippen MR) is 66.6 cm³/mol. The van der Waals surface area contributed by atoms with Crippen molar-refractivity contribution in [1.82, 2.24) is 0 Å². The molecule has 5 heteroatoms. The van der Waals surface area contributed by atoms with Crippen molar-refractivity contribution in [2.45, 2.75) is 32.6 Å². The quantitative estimate of drug-likeness (QED) is 0.334. The number of carbonyl (C=O) groups is 1. The van der Waals surface area contributed by atoms with E-state index >= 15 is 0 Å². The number of ketones is 1. The van der Waals surface area contributed by atoms with Crippen LogP contribution in [0.25, 0.3) is 0 Å². The lowest BCUT2D eigenvalue weighted by molar-refractivity contribution is -0.384. The molecular formula is C12H14ClNO3. The van der Waals surface area contributed by atoms with Gasteiger partial charge in [-0.2, -0.15) is 0 Å². The summed E-state index contributed by atoms with van der Waals surface area (Å²) in [5.41, 5.74) is 0.144. The van der Waals surface area contributed by atoms with Crippen LogP contribution in [0.4, 0.5) is 5.69 Å². The van der Waals surface area contributed by atoms with Crippen LogP contribution in [0.2, 0.25) is 5.02 Å². The lowest BCUT2D eigenvalue weighted by atomic mass is 10.0. The number of hydrogen-bond acceptors (Lipinski definition) is 3. The molecular weight excluding hydrogens is 242 g/mol. The molecule has 0 aromatic heterocycles. The minimum atomic E-state index is -0.578. The molecule has 4 nitrogen and oxygen atoms in total. The number of halogens is 1. The number of hydrogen-bond donors (Lipinski definition) is 0. The molecule has 0 heterocycles. The fraction of sp³-hybridized carbons (Fsp3) is 0.417. The van der Waals surface area contributed by atoms with Crippen molar-refractivity contribution in [3.63, 3.8) is 0 Å². The van der Waals surface area contributed by atoms with Crippen LogP contribution in [0.5, 0.6) is 0 Å². The summed E-state index contributed by atoms with van der Waals surface area (Å²) in [4.78, 5) is 21.8. The maximum absolute atomic E-state index is 11.7.